The third-order valence-electron chi connectivity index (χ3n) is 5.53. The maximum absolute atomic E-state index is 11.0. The summed E-state index contributed by atoms with van der Waals surface area (Å²) in [6.07, 6.45) is 7.61. The number of para-hydroxylation sites is 1. The van der Waals surface area contributed by atoms with Crippen molar-refractivity contribution in [3.05, 3.63) is 28.3 Å². The molecule has 0 bridgehead atoms. The molecule has 3 rings (SSSR count). The minimum Gasteiger partial charge on any atom is -0.393 e. The quantitative estimate of drug-likeness (QED) is 0.340. The Hall–Kier alpha value is -1.90. The molecule has 0 spiro atoms. The SMILES string of the molecule is COC(OC)C1CCCCC1.Nc1cccc(N2CCC(O)CC2)c1[N+](=O)[O-]. The Kier molecular flexibility index (Phi) is 8.95. The first-order valence-electron chi connectivity index (χ1n) is 9.99. The van der Waals surface area contributed by atoms with Gasteiger partial charge in [0.2, 0.25) is 0 Å². The van der Waals surface area contributed by atoms with Gasteiger partial charge in [-0.1, -0.05) is 25.3 Å². The highest BCUT2D eigenvalue weighted by atomic mass is 16.7. The number of piperidine rings is 1. The first-order valence-corrected chi connectivity index (χ1v) is 9.99. The Morgan fingerprint density at radius 1 is 1.14 bits per heavy atom. The molecule has 0 atom stereocenters. The second-order valence-electron chi connectivity index (χ2n) is 7.43. The lowest BCUT2D eigenvalue weighted by Gasteiger charge is -2.31. The molecule has 1 heterocycles. The van der Waals surface area contributed by atoms with Crippen LogP contribution >= 0.6 is 0 Å². The molecule has 8 nitrogen and oxygen atoms in total. The summed E-state index contributed by atoms with van der Waals surface area (Å²) in [7, 11) is 3.45. The number of hydrogen-bond donors (Lipinski definition) is 2. The predicted octanol–water partition coefficient (Wildman–Crippen LogP) is 3.32. The minimum absolute atomic E-state index is 0.0373. The van der Waals surface area contributed by atoms with Crippen molar-refractivity contribution in [1.82, 2.24) is 0 Å². The van der Waals surface area contributed by atoms with Crippen molar-refractivity contribution in [3.63, 3.8) is 0 Å². The van der Waals surface area contributed by atoms with E-state index in [0.29, 0.717) is 37.5 Å². The summed E-state index contributed by atoms with van der Waals surface area (Å²) < 4.78 is 10.4. The van der Waals surface area contributed by atoms with Crippen molar-refractivity contribution in [2.45, 2.75) is 57.3 Å². The fraction of sp³-hybridized carbons (Fsp3) is 0.700. The maximum Gasteiger partial charge on any atom is 0.315 e. The summed E-state index contributed by atoms with van der Waals surface area (Å²) in [4.78, 5) is 12.5. The number of hydrogen-bond acceptors (Lipinski definition) is 7. The topological polar surface area (TPSA) is 111 Å². The number of benzene rings is 1. The van der Waals surface area contributed by atoms with E-state index in [4.69, 9.17) is 15.2 Å². The molecule has 2 fully saturated rings. The van der Waals surface area contributed by atoms with Gasteiger partial charge >= 0.3 is 5.69 Å². The molecule has 0 aromatic heterocycles. The molecule has 8 heteroatoms. The number of methoxy groups -OCH3 is 2. The number of nitrogens with two attached hydrogens (primary N) is 1. The number of nitrogen functional groups attached to an aromatic ring is 1. The van der Waals surface area contributed by atoms with Crippen molar-refractivity contribution in [2.75, 3.05) is 37.9 Å². The first-order chi connectivity index (χ1) is 13.5. The summed E-state index contributed by atoms with van der Waals surface area (Å²) in [5, 5.41) is 20.4. The molecular weight excluding hydrogens is 362 g/mol. The van der Waals surface area contributed by atoms with Crippen molar-refractivity contribution in [3.8, 4) is 0 Å². The van der Waals surface area contributed by atoms with E-state index in [-0.39, 0.29) is 23.8 Å². The van der Waals surface area contributed by atoms with Crippen LogP contribution in [-0.4, -0.2) is 49.7 Å². The summed E-state index contributed by atoms with van der Waals surface area (Å²) in [5.41, 5.74) is 6.32. The number of ether oxygens (including phenoxy) is 2. The van der Waals surface area contributed by atoms with Crippen LogP contribution in [-0.2, 0) is 9.47 Å². The first kappa shape index (κ1) is 22.4. The van der Waals surface area contributed by atoms with Crippen LogP contribution in [0.2, 0.25) is 0 Å². The van der Waals surface area contributed by atoms with Gasteiger partial charge in [0.1, 0.15) is 11.4 Å². The van der Waals surface area contributed by atoms with Gasteiger partial charge in [-0.2, -0.15) is 0 Å². The number of aliphatic hydroxyl groups excluding tert-OH is 1. The third kappa shape index (κ3) is 6.05. The van der Waals surface area contributed by atoms with E-state index in [2.05, 4.69) is 0 Å². The smallest absolute Gasteiger partial charge is 0.315 e. The lowest BCUT2D eigenvalue weighted by atomic mass is 9.89. The van der Waals surface area contributed by atoms with E-state index in [1.807, 2.05) is 4.90 Å². The zero-order valence-corrected chi connectivity index (χ0v) is 16.9. The summed E-state index contributed by atoms with van der Waals surface area (Å²) in [6.45, 7) is 1.23. The number of nitro benzene ring substituents is 1. The van der Waals surface area contributed by atoms with E-state index in [9.17, 15) is 15.2 Å². The highest BCUT2D eigenvalue weighted by molar-refractivity contribution is 5.75. The molecule has 3 N–H and O–H groups in total. The van der Waals surface area contributed by atoms with Crippen LogP contribution in [0.25, 0.3) is 0 Å². The Balaban J connectivity index is 0.000000221. The Morgan fingerprint density at radius 2 is 1.75 bits per heavy atom. The van der Waals surface area contributed by atoms with Crippen molar-refractivity contribution in [1.29, 1.82) is 0 Å². The highest BCUT2D eigenvalue weighted by Crippen LogP contribution is 2.34. The van der Waals surface area contributed by atoms with Crippen LogP contribution in [0.1, 0.15) is 44.9 Å². The zero-order chi connectivity index (χ0) is 20.5. The molecule has 1 saturated heterocycles. The lowest BCUT2D eigenvalue weighted by molar-refractivity contribution is -0.383. The van der Waals surface area contributed by atoms with Gasteiger partial charge in [0, 0.05) is 33.2 Å². The van der Waals surface area contributed by atoms with E-state index in [1.165, 1.54) is 38.2 Å². The number of nitrogens with zero attached hydrogens (tertiary/aromatic N) is 2. The van der Waals surface area contributed by atoms with Crippen LogP contribution < -0.4 is 10.6 Å². The summed E-state index contributed by atoms with van der Waals surface area (Å²) in [5.74, 6) is 0.638. The fourth-order valence-corrected chi connectivity index (χ4v) is 4.00. The summed E-state index contributed by atoms with van der Waals surface area (Å²) >= 11 is 0. The van der Waals surface area contributed by atoms with Crippen LogP contribution in [0, 0.1) is 16.0 Å². The van der Waals surface area contributed by atoms with Gasteiger partial charge in [-0.05, 0) is 37.8 Å². The van der Waals surface area contributed by atoms with Gasteiger partial charge < -0.3 is 25.2 Å². The molecule has 158 valence electrons. The van der Waals surface area contributed by atoms with Crippen LogP contribution in [0.5, 0.6) is 0 Å². The normalized spacial score (nSPS) is 18.6. The van der Waals surface area contributed by atoms with Crippen molar-refractivity contribution < 1.29 is 19.5 Å². The summed E-state index contributed by atoms with van der Waals surface area (Å²) in [6, 6.07) is 4.94. The van der Waals surface area contributed by atoms with Crippen molar-refractivity contribution in [2.24, 2.45) is 5.92 Å². The van der Waals surface area contributed by atoms with Crippen LogP contribution in [0.15, 0.2) is 18.2 Å². The molecule has 1 saturated carbocycles. The van der Waals surface area contributed by atoms with E-state index in [0.717, 1.165) is 0 Å². The monoisotopic (exact) mass is 395 g/mol. The average molecular weight is 396 g/mol. The van der Waals surface area contributed by atoms with Gasteiger partial charge in [-0.15, -0.1) is 0 Å². The Morgan fingerprint density at radius 3 is 2.29 bits per heavy atom. The molecule has 1 aromatic rings. The van der Waals surface area contributed by atoms with Crippen LogP contribution in [0.4, 0.5) is 17.1 Å². The fourth-order valence-electron chi connectivity index (χ4n) is 4.00. The molecule has 0 unspecified atom stereocenters. The van der Waals surface area contributed by atoms with Gasteiger partial charge in [0.25, 0.3) is 0 Å². The Bertz CT molecular complexity index is 610. The molecular formula is C20H33N3O5. The maximum atomic E-state index is 11.0. The van der Waals surface area contributed by atoms with Gasteiger partial charge in [-0.25, -0.2) is 0 Å². The number of nitro groups is 1. The molecule has 1 aromatic carbocycles. The molecule has 2 aliphatic rings. The molecule has 1 aliphatic carbocycles. The Labute approximate surface area is 166 Å². The molecule has 0 radical (unpaired) electrons. The third-order valence-corrected chi connectivity index (χ3v) is 5.53. The van der Waals surface area contributed by atoms with Gasteiger partial charge in [0.05, 0.1) is 11.0 Å². The average Bonchev–Trinajstić information content (AvgIpc) is 2.70. The van der Waals surface area contributed by atoms with Crippen LogP contribution in [0.3, 0.4) is 0 Å². The van der Waals surface area contributed by atoms with E-state index in [1.54, 1.807) is 26.4 Å². The molecule has 1 aliphatic heterocycles. The largest absolute Gasteiger partial charge is 0.393 e. The minimum atomic E-state index is -0.449. The van der Waals surface area contributed by atoms with Crippen molar-refractivity contribution >= 4 is 17.1 Å². The van der Waals surface area contributed by atoms with Gasteiger partial charge in [0.15, 0.2) is 6.29 Å². The number of aliphatic hydroxyl groups is 1. The second kappa shape index (κ2) is 11.2. The highest BCUT2D eigenvalue weighted by Gasteiger charge is 2.25. The van der Waals surface area contributed by atoms with Gasteiger partial charge in [-0.3, -0.25) is 10.1 Å². The van der Waals surface area contributed by atoms with E-state index >= 15 is 0 Å². The molecule has 28 heavy (non-hydrogen) atoms. The second-order valence-corrected chi connectivity index (χ2v) is 7.43. The zero-order valence-electron chi connectivity index (χ0n) is 16.9. The lowest BCUT2D eigenvalue weighted by Crippen LogP contribution is -2.36. The molecule has 0 amide bonds. The van der Waals surface area contributed by atoms with E-state index < -0.39 is 4.92 Å². The number of anilines is 2. The standard InChI is InChI=1S/C11H15N3O3.C9H18O2/c12-9-2-1-3-10(11(9)14(16)17)13-6-4-8(15)5-7-13;1-10-9(11-2)8-6-4-3-5-7-8/h1-3,8,15H,4-7,12H2;8-9H,3-7H2,1-2H3. The predicted molar refractivity (Wildman–Crippen MR) is 109 cm³/mol. The number of rotatable bonds is 5.